The van der Waals surface area contributed by atoms with Crippen LogP contribution in [0.1, 0.15) is 40.3 Å². The highest BCUT2D eigenvalue weighted by atomic mass is 79.9. The topological polar surface area (TPSA) is 41.9 Å². The highest BCUT2D eigenvalue weighted by molar-refractivity contribution is 9.10. The normalized spacial score (nSPS) is 15.4. The number of ether oxygens (including phenoxy) is 2. The van der Waals surface area contributed by atoms with Gasteiger partial charge in [-0.15, -0.1) is 6.58 Å². The largest absolute Gasteiger partial charge is 0.492 e. The van der Waals surface area contributed by atoms with Crippen molar-refractivity contribution in [2.75, 3.05) is 24.6 Å². The molecule has 1 atom stereocenters. The summed E-state index contributed by atoms with van der Waals surface area (Å²) in [5, 5.41) is 11.4. The van der Waals surface area contributed by atoms with Crippen molar-refractivity contribution in [3.63, 3.8) is 0 Å². The minimum atomic E-state index is -0.783. The lowest BCUT2D eigenvalue weighted by molar-refractivity contribution is 0.213. The summed E-state index contributed by atoms with van der Waals surface area (Å²) in [6.45, 7) is 6.79. The third-order valence-corrected chi connectivity index (χ3v) is 7.01. The van der Waals surface area contributed by atoms with Crippen molar-refractivity contribution in [3.05, 3.63) is 99.5 Å². The van der Waals surface area contributed by atoms with Crippen molar-refractivity contribution in [3.8, 4) is 11.5 Å². The number of aryl methyl sites for hydroxylation is 1. The van der Waals surface area contributed by atoms with Gasteiger partial charge in [0, 0.05) is 36.3 Å². The molecule has 170 valence electrons. The molecule has 5 heteroatoms. The van der Waals surface area contributed by atoms with E-state index in [9.17, 15) is 5.11 Å². The van der Waals surface area contributed by atoms with E-state index < -0.39 is 6.10 Å². The summed E-state index contributed by atoms with van der Waals surface area (Å²) in [5.74, 6) is 1.54. The van der Waals surface area contributed by atoms with E-state index in [1.54, 1.807) is 0 Å². The second-order valence-corrected chi connectivity index (χ2v) is 9.44. The Morgan fingerprint density at radius 1 is 1.15 bits per heavy atom. The number of fused-ring (bicyclic) bond motifs is 2. The molecule has 1 N–H and O–H groups in total. The summed E-state index contributed by atoms with van der Waals surface area (Å²) in [6, 6.07) is 18.4. The maximum absolute atomic E-state index is 11.4. The van der Waals surface area contributed by atoms with Crippen molar-refractivity contribution >= 4 is 21.6 Å². The average molecular weight is 506 g/mol. The summed E-state index contributed by atoms with van der Waals surface area (Å²) >= 11 is 3.69. The Hall–Kier alpha value is -2.76. The standard InChI is InChI=1S/C28H28BrNO3/c1-2-13-30-14-6-9-20-10-11-21(16-25(20)30)26(31)23-17-24(29)28(22-12-15-32-27(22)23)33-18-19-7-4-3-5-8-19/h2-5,7-8,10-11,16-17,26,31H,1,6,9,12-15,18H2. The van der Waals surface area contributed by atoms with Gasteiger partial charge in [-0.2, -0.15) is 0 Å². The van der Waals surface area contributed by atoms with Crippen molar-refractivity contribution < 1.29 is 14.6 Å². The molecule has 0 amide bonds. The van der Waals surface area contributed by atoms with Crippen molar-refractivity contribution in [2.24, 2.45) is 0 Å². The molecule has 0 bridgehead atoms. The van der Waals surface area contributed by atoms with Crippen LogP contribution in [0.3, 0.4) is 0 Å². The molecular weight excluding hydrogens is 478 g/mol. The van der Waals surface area contributed by atoms with E-state index in [0.717, 1.165) is 70.6 Å². The predicted molar refractivity (Wildman–Crippen MR) is 135 cm³/mol. The van der Waals surface area contributed by atoms with Gasteiger partial charge < -0.3 is 19.5 Å². The minimum absolute atomic E-state index is 0.484. The number of aliphatic hydroxyl groups is 1. The second-order valence-electron chi connectivity index (χ2n) is 8.59. The molecule has 3 aromatic rings. The highest BCUT2D eigenvalue weighted by Gasteiger charge is 2.29. The molecule has 2 heterocycles. The van der Waals surface area contributed by atoms with Gasteiger partial charge in [0.05, 0.1) is 11.1 Å². The first kappa shape index (κ1) is 22.1. The Morgan fingerprint density at radius 2 is 2.00 bits per heavy atom. The zero-order chi connectivity index (χ0) is 22.8. The predicted octanol–water partition coefficient (Wildman–Crippen LogP) is 5.98. The minimum Gasteiger partial charge on any atom is -0.492 e. The number of aliphatic hydroxyl groups excluding tert-OH is 1. The number of benzene rings is 3. The Morgan fingerprint density at radius 3 is 2.82 bits per heavy atom. The zero-order valence-electron chi connectivity index (χ0n) is 18.6. The molecule has 3 aromatic carbocycles. The number of nitrogens with zero attached hydrogens (tertiary/aromatic N) is 1. The number of hydrogen-bond acceptors (Lipinski definition) is 4. The molecular formula is C28H28BrNO3. The molecule has 4 nitrogen and oxygen atoms in total. The summed E-state index contributed by atoms with van der Waals surface area (Å²) in [7, 11) is 0. The molecule has 0 aromatic heterocycles. The SMILES string of the molecule is C=CCN1CCCc2ccc(C(O)c3cc(Br)c(OCc4ccccc4)c4c3OCC4)cc21. The lowest BCUT2D eigenvalue weighted by Crippen LogP contribution is -2.29. The van der Waals surface area contributed by atoms with E-state index >= 15 is 0 Å². The van der Waals surface area contributed by atoms with Crippen LogP contribution in [0.2, 0.25) is 0 Å². The lowest BCUT2D eigenvalue weighted by atomic mass is 9.93. The van der Waals surface area contributed by atoms with E-state index in [-0.39, 0.29) is 0 Å². The second kappa shape index (κ2) is 9.62. The molecule has 33 heavy (non-hydrogen) atoms. The van der Waals surface area contributed by atoms with Gasteiger partial charge in [-0.05, 0) is 57.6 Å². The number of rotatable bonds is 7. The van der Waals surface area contributed by atoms with Crippen molar-refractivity contribution in [2.45, 2.75) is 32.0 Å². The molecule has 0 fully saturated rings. The first-order valence-corrected chi connectivity index (χ1v) is 12.3. The summed E-state index contributed by atoms with van der Waals surface area (Å²) < 4.78 is 13.0. The molecule has 2 aliphatic heterocycles. The first-order valence-electron chi connectivity index (χ1n) is 11.5. The van der Waals surface area contributed by atoms with Gasteiger partial charge in [0.2, 0.25) is 0 Å². The molecule has 0 spiro atoms. The average Bonchev–Trinajstić information content (AvgIpc) is 3.33. The Bertz CT molecular complexity index is 1160. The van der Waals surface area contributed by atoms with Crippen LogP contribution < -0.4 is 14.4 Å². The van der Waals surface area contributed by atoms with Gasteiger partial charge in [0.25, 0.3) is 0 Å². The molecule has 0 saturated carbocycles. The van der Waals surface area contributed by atoms with Gasteiger partial charge >= 0.3 is 0 Å². The lowest BCUT2D eigenvalue weighted by Gasteiger charge is -2.31. The fraction of sp³-hybridized carbons (Fsp3) is 0.286. The van der Waals surface area contributed by atoms with Crippen LogP contribution in [0.15, 0.2) is 71.7 Å². The van der Waals surface area contributed by atoms with E-state index in [4.69, 9.17) is 9.47 Å². The zero-order valence-corrected chi connectivity index (χ0v) is 20.2. The molecule has 0 saturated heterocycles. The molecule has 1 unspecified atom stereocenters. The van der Waals surface area contributed by atoms with E-state index in [0.29, 0.717) is 13.2 Å². The fourth-order valence-electron chi connectivity index (χ4n) is 4.79. The quantitative estimate of drug-likeness (QED) is 0.400. The molecule has 0 aliphatic carbocycles. The van der Waals surface area contributed by atoms with Crippen molar-refractivity contribution in [1.82, 2.24) is 0 Å². The Labute approximate surface area is 203 Å². The Balaban J connectivity index is 1.46. The van der Waals surface area contributed by atoms with Gasteiger partial charge in [-0.1, -0.05) is 48.5 Å². The summed E-state index contributed by atoms with van der Waals surface area (Å²) in [5.41, 5.74) is 6.28. The number of halogens is 1. The maximum atomic E-state index is 11.4. The van der Waals surface area contributed by atoms with Gasteiger partial charge in [0.1, 0.15) is 24.2 Å². The fourth-order valence-corrected chi connectivity index (χ4v) is 5.39. The van der Waals surface area contributed by atoms with Crippen LogP contribution in [-0.2, 0) is 19.4 Å². The smallest absolute Gasteiger partial charge is 0.141 e. The van der Waals surface area contributed by atoms with E-state index in [1.807, 2.05) is 36.4 Å². The van der Waals surface area contributed by atoms with E-state index in [1.165, 1.54) is 11.3 Å². The third kappa shape index (κ3) is 4.40. The maximum Gasteiger partial charge on any atom is 0.141 e. The van der Waals surface area contributed by atoms with Crippen LogP contribution in [0.25, 0.3) is 0 Å². The van der Waals surface area contributed by atoms with Gasteiger partial charge in [-0.25, -0.2) is 0 Å². The van der Waals surface area contributed by atoms with Crippen LogP contribution in [0.4, 0.5) is 5.69 Å². The Kier molecular flexibility index (Phi) is 6.43. The summed E-state index contributed by atoms with van der Waals surface area (Å²) in [4.78, 5) is 2.33. The highest BCUT2D eigenvalue weighted by Crippen LogP contribution is 2.46. The first-order chi connectivity index (χ1) is 16.2. The van der Waals surface area contributed by atoms with Gasteiger partial charge in [-0.3, -0.25) is 0 Å². The van der Waals surface area contributed by atoms with E-state index in [2.05, 4.69) is 51.7 Å². The molecule has 5 rings (SSSR count). The van der Waals surface area contributed by atoms with Crippen LogP contribution in [-0.4, -0.2) is 24.8 Å². The van der Waals surface area contributed by atoms with Crippen LogP contribution in [0.5, 0.6) is 11.5 Å². The third-order valence-electron chi connectivity index (χ3n) is 6.42. The van der Waals surface area contributed by atoms with Crippen LogP contribution in [0, 0.1) is 0 Å². The molecule has 0 radical (unpaired) electrons. The summed E-state index contributed by atoms with van der Waals surface area (Å²) in [6.07, 6.45) is 4.12. The number of anilines is 1. The van der Waals surface area contributed by atoms with Crippen molar-refractivity contribution in [1.29, 1.82) is 0 Å². The molecule has 2 aliphatic rings. The number of hydrogen-bond donors (Lipinski definition) is 1. The van der Waals surface area contributed by atoms with Crippen LogP contribution >= 0.6 is 15.9 Å². The van der Waals surface area contributed by atoms with Gasteiger partial charge in [0.15, 0.2) is 0 Å². The monoisotopic (exact) mass is 505 g/mol.